The van der Waals surface area contributed by atoms with E-state index in [4.69, 9.17) is 4.99 Å². The first-order valence-corrected chi connectivity index (χ1v) is 12.9. The minimum atomic E-state index is -3.71. The van der Waals surface area contributed by atoms with E-state index in [1.54, 1.807) is 12.1 Å². The zero-order valence-corrected chi connectivity index (χ0v) is 23.3. The quantitative estimate of drug-likeness (QED) is 0.191. The van der Waals surface area contributed by atoms with Crippen molar-refractivity contribution in [1.29, 1.82) is 0 Å². The van der Waals surface area contributed by atoms with Crippen molar-refractivity contribution in [2.24, 2.45) is 10.9 Å². The Labute approximate surface area is 227 Å². The topological polar surface area (TPSA) is 89.9 Å². The van der Waals surface area contributed by atoms with Gasteiger partial charge in [0, 0.05) is 6.54 Å². The van der Waals surface area contributed by atoms with Crippen LogP contribution in [0.4, 0.5) is 0 Å². The normalized spacial score (nSPS) is 15.7. The summed E-state index contributed by atoms with van der Waals surface area (Å²) < 4.78 is 28.4. The van der Waals surface area contributed by atoms with Gasteiger partial charge in [0.15, 0.2) is 5.78 Å². The van der Waals surface area contributed by atoms with Crippen molar-refractivity contribution in [3.05, 3.63) is 89.7 Å². The monoisotopic (exact) mass is 596 g/mol. The van der Waals surface area contributed by atoms with Crippen LogP contribution in [0.15, 0.2) is 82.4 Å². The Balaban J connectivity index is 0.000000503. The molecule has 6 nitrogen and oxygen atoms in total. The number of ketones is 1. The fraction of sp³-hybridized carbons (Fsp3) is 0.286. The Hall–Kier alpha value is -2.79. The van der Waals surface area contributed by atoms with Crippen LogP contribution in [0, 0.1) is 18.9 Å². The molecule has 0 fully saturated rings. The van der Waals surface area contributed by atoms with E-state index in [0.717, 1.165) is 28.0 Å². The van der Waals surface area contributed by atoms with Crippen LogP contribution in [-0.4, -0.2) is 36.9 Å². The molecule has 36 heavy (non-hydrogen) atoms. The molecule has 8 heteroatoms. The summed E-state index contributed by atoms with van der Waals surface area (Å²) in [5.41, 5.74) is 1.76. The molecule has 0 unspecified atom stereocenters. The van der Waals surface area contributed by atoms with Gasteiger partial charge in [-0.1, -0.05) is 68.1 Å². The second-order valence-electron chi connectivity index (χ2n) is 8.92. The molecule has 1 heterocycles. The molecule has 0 N–H and O–H groups in total. The maximum Gasteiger partial charge on any atom is 2.00 e. The summed E-state index contributed by atoms with van der Waals surface area (Å²) in [5.74, 6) is 0.347. The van der Waals surface area contributed by atoms with Crippen molar-refractivity contribution < 1.29 is 38.7 Å². The van der Waals surface area contributed by atoms with Crippen LogP contribution in [0.25, 0.3) is 10.8 Å². The summed E-state index contributed by atoms with van der Waals surface area (Å²) in [6.07, 6.45) is 1.06. The molecule has 1 aliphatic heterocycles. The minimum Gasteiger partial charge on any atom is -0.876 e. The largest absolute Gasteiger partial charge is 2.00 e. The zero-order chi connectivity index (χ0) is 25.8. The van der Waals surface area contributed by atoms with E-state index in [0.29, 0.717) is 12.4 Å². The summed E-state index contributed by atoms with van der Waals surface area (Å²) in [4.78, 5) is 15.1. The molecule has 4 rings (SSSR count). The van der Waals surface area contributed by atoms with Crippen molar-refractivity contribution in [2.45, 2.75) is 45.6 Å². The molecule has 0 spiro atoms. The van der Waals surface area contributed by atoms with E-state index in [2.05, 4.69) is 19.9 Å². The van der Waals surface area contributed by atoms with Gasteiger partial charge in [-0.05, 0) is 38.0 Å². The number of nitrogens with zero attached hydrogens (tertiary/aromatic N) is 2. The molecular weight excluding hydrogens is 567 g/mol. The number of fused-ring (bicyclic) bond motifs is 1. The number of carbonyl (C=O) groups excluding carboxylic acids is 1. The zero-order valence-electron chi connectivity index (χ0n) is 21.0. The number of hydrogen-bond donors (Lipinski definition) is 0. The molecule has 0 saturated heterocycles. The number of sulfonamides is 1. The Kier molecular flexibility index (Phi) is 10.2. The molecule has 3 aromatic carbocycles. The van der Waals surface area contributed by atoms with Crippen LogP contribution in [-0.2, 0) is 35.2 Å². The van der Waals surface area contributed by atoms with Gasteiger partial charge in [0.1, 0.15) is 0 Å². The minimum absolute atomic E-state index is 0. The summed E-state index contributed by atoms with van der Waals surface area (Å²) >= 11 is 0. The van der Waals surface area contributed by atoms with E-state index in [-0.39, 0.29) is 48.8 Å². The van der Waals surface area contributed by atoms with Crippen LogP contribution in [0.3, 0.4) is 0 Å². The summed E-state index contributed by atoms with van der Waals surface area (Å²) in [6, 6.07) is 21.9. The van der Waals surface area contributed by atoms with Gasteiger partial charge in [-0.25, -0.2) is 8.42 Å². The summed E-state index contributed by atoms with van der Waals surface area (Å²) in [5, 5.41) is 12.0. The second kappa shape index (κ2) is 12.4. The number of allylic oxidation sites excluding steroid dienone is 2. The van der Waals surface area contributed by atoms with Gasteiger partial charge >= 0.3 is 20.4 Å². The fourth-order valence-electron chi connectivity index (χ4n) is 3.75. The molecule has 0 amide bonds. The van der Waals surface area contributed by atoms with Crippen LogP contribution < -0.4 is 5.11 Å². The van der Waals surface area contributed by atoms with Crippen LogP contribution in [0.5, 0.6) is 0 Å². The molecule has 1 aliphatic rings. The van der Waals surface area contributed by atoms with Gasteiger partial charge in [-0.3, -0.25) is 9.10 Å². The Bertz CT molecular complexity index is 1370. The molecule has 192 valence electrons. The maximum absolute atomic E-state index is 13.5. The number of rotatable bonds is 5. The first-order valence-electron chi connectivity index (χ1n) is 11.4. The predicted molar refractivity (Wildman–Crippen MR) is 137 cm³/mol. The second-order valence-corrected chi connectivity index (χ2v) is 10.8. The number of benzene rings is 3. The van der Waals surface area contributed by atoms with Crippen molar-refractivity contribution in [2.75, 3.05) is 6.54 Å². The summed E-state index contributed by atoms with van der Waals surface area (Å²) in [6.45, 7) is 9.13. The fourth-order valence-corrected chi connectivity index (χ4v) is 5.20. The molecule has 0 aromatic heterocycles. The average molecular weight is 597 g/mol. The molecule has 0 bridgehead atoms. The number of hydrogen-bond acceptors (Lipinski definition) is 5. The third-order valence-electron chi connectivity index (χ3n) is 5.61. The predicted octanol–water partition coefficient (Wildman–Crippen LogP) is 4.26. The van der Waals surface area contributed by atoms with Gasteiger partial charge < -0.3 is 10.1 Å². The third-order valence-corrected chi connectivity index (χ3v) is 7.38. The van der Waals surface area contributed by atoms with E-state index in [1.165, 1.54) is 18.2 Å². The van der Waals surface area contributed by atoms with E-state index >= 15 is 0 Å². The van der Waals surface area contributed by atoms with Gasteiger partial charge in [-0.2, -0.15) is 0 Å². The van der Waals surface area contributed by atoms with Crippen molar-refractivity contribution in [1.82, 2.24) is 4.31 Å². The molecule has 0 radical (unpaired) electrons. The Morgan fingerprint density at radius 3 is 2.31 bits per heavy atom. The van der Waals surface area contributed by atoms with Crippen LogP contribution >= 0.6 is 0 Å². The van der Waals surface area contributed by atoms with Crippen molar-refractivity contribution >= 4 is 32.4 Å². The smallest absolute Gasteiger partial charge is 0.876 e. The summed E-state index contributed by atoms with van der Waals surface area (Å²) in [7, 11) is -3.71. The molecule has 0 saturated carbocycles. The van der Waals surface area contributed by atoms with Crippen LogP contribution in [0.2, 0.25) is 0 Å². The number of aryl methyl sites for hydroxylation is 1. The molecular formula is C28H30N2O4PdS. The molecule has 0 aliphatic carbocycles. The first-order chi connectivity index (χ1) is 16.5. The van der Waals surface area contributed by atoms with Gasteiger partial charge in [0.2, 0.25) is 0 Å². The van der Waals surface area contributed by atoms with Crippen LogP contribution in [0.1, 0.15) is 38.8 Å². The van der Waals surface area contributed by atoms with Crippen molar-refractivity contribution in [3.63, 3.8) is 0 Å². The van der Waals surface area contributed by atoms with E-state index < -0.39 is 10.0 Å². The number of aliphatic imine (C=N–C) groups is 1. The standard InChI is InChI=1S/C23H23N2O2S.C5H8O2.Pd/c1-16(2)22-15-25(28(26,27)19-13-11-17(3)12-14-19)23(24-22)21-10-6-8-18-7-4-5-9-20(18)21;1-4(6)3-5(2)7;/h4-9,11-14,16,22H,15H2,1-3H3;3,6H,1-2H3;/q-1;;+2/p-1/b;4-3-;/t22-;;/m1../s1. The molecule has 1 atom stereocenters. The van der Waals surface area contributed by atoms with Gasteiger partial charge in [-0.15, -0.1) is 34.9 Å². The third kappa shape index (κ3) is 6.91. The average Bonchev–Trinajstić information content (AvgIpc) is 3.25. The van der Waals surface area contributed by atoms with Gasteiger partial charge in [0.25, 0.3) is 10.0 Å². The SMILES string of the molecule is CC(=O)/C=C(/C)[O-].Cc1ccc(S(=O)(=O)N2C[C@H](C(C)C)N=C2c2[c-]ccc3ccccc23)cc1.[Pd+2]. The number of carbonyl (C=O) groups is 1. The van der Waals surface area contributed by atoms with Gasteiger partial charge in [0.05, 0.1) is 16.8 Å². The first kappa shape index (κ1) is 29.4. The molecule has 3 aromatic rings. The number of amidine groups is 1. The van der Waals surface area contributed by atoms with E-state index in [1.807, 2.05) is 55.5 Å². The van der Waals surface area contributed by atoms with Crippen molar-refractivity contribution in [3.8, 4) is 0 Å². The Morgan fingerprint density at radius 2 is 1.75 bits per heavy atom. The van der Waals surface area contributed by atoms with E-state index in [9.17, 15) is 18.3 Å². The Morgan fingerprint density at radius 1 is 1.11 bits per heavy atom. The maximum atomic E-state index is 13.5.